The molecule has 0 spiro atoms. The second kappa shape index (κ2) is 11.3. The lowest BCUT2D eigenvalue weighted by atomic mass is 9.87. The quantitative estimate of drug-likeness (QED) is 0.253. The number of thioether (sulfide) groups is 1. The van der Waals surface area contributed by atoms with Gasteiger partial charge in [0.2, 0.25) is 11.8 Å². The average molecular weight is 481 g/mol. The number of nitrogens with one attached hydrogen (secondary N) is 1. The lowest BCUT2D eigenvalue weighted by Crippen LogP contribution is -2.24. The van der Waals surface area contributed by atoms with Gasteiger partial charge in [-0.3, -0.25) is 19.0 Å². The van der Waals surface area contributed by atoms with Crippen LogP contribution in [0.1, 0.15) is 52.0 Å². The molecule has 3 aromatic rings. The molecule has 3 N–H and O–H groups in total. The summed E-state index contributed by atoms with van der Waals surface area (Å²) in [6.45, 7) is 6.90. The zero-order valence-electron chi connectivity index (χ0n) is 20.0. The van der Waals surface area contributed by atoms with Gasteiger partial charge in [0, 0.05) is 18.7 Å². The molecule has 0 radical (unpaired) electrons. The molecule has 0 aliphatic rings. The Morgan fingerprint density at radius 3 is 2.41 bits per heavy atom. The van der Waals surface area contributed by atoms with Gasteiger partial charge in [0.05, 0.1) is 16.7 Å². The smallest absolute Gasteiger partial charge is 0.262 e. The second-order valence-corrected chi connectivity index (χ2v) is 10.3. The van der Waals surface area contributed by atoms with E-state index in [4.69, 9.17) is 5.73 Å². The fourth-order valence-electron chi connectivity index (χ4n) is 3.58. The van der Waals surface area contributed by atoms with Gasteiger partial charge in [0.25, 0.3) is 5.56 Å². The molecule has 0 unspecified atom stereocenters. The average Bonchev–Trinajstić information content (AvgIpc) is 2.78. The van der Waals surface area contributed by atoms with Crippen molar-refractivity contribution in [1.82, 2.24) is 9.55 Å². The Balaban J connectivity index is 1.70. The van der Waals surface area contributed by atoms with Crippen LogP contribution in [-0.2, 0) is 21.5 Å². The summed E-state index contributed by atoms with van der Waals surface area (Å²) in [5.41, 5.74) is 7.66. The second-order valence-electron chi connectivity index (χ2n) is 9.31. The number of rotatable bonds is 10. The van der Waals surface area contributed by atoms with Crippen LogP contribution in [0.2, 0.25) is 0 Å². The number of nitrogens with zero attached hydrogens (tertiary/aromatic N) is 2. The van der Waals surface area contributed by atoms with Crippen LogP contribution in [0.15, 0.2) is 58.5 Å². The molecule has 8 heteroatoms. The van der Waals surface area contributed by atoms with Gasteiger partial charge in [0.1, 0.15) is 0 Å². The molecule has 0 aliphatic carbocycles. The summed E-state index contributed by atoms with van der Waals surface area (Å²) in [5, 5.41) is 3.97. The zero-order chi connectivity index (χ0) is 24.7. The van der Waals surface area contributed by atoms with E-state index in [1.807, 2.05) is 36.4 Å². The van der Waals surface area contributed by atoms with E-state index in [-0.39, 0.29) is 28.5 Å². The highest BCUT2D eigenvalue weighted by Gasteiger charge is 2.15. The summed E-state index contributed by atoms with van der Waals surface area (Å²) in [6, 6.07) is 15.1. The molecule has 0 fully saturated rings. The molecule has 180 valence electrons. The minimum atomic E-state index is -0.320. The highest BCUT2D eigenvalue weighted by atomic mass is 32.2. The lowest BCUT2D eigenvalue weighted by molar-refractivity contribution is -0.118. The number of hydrogen-bond acceptors (Lipinski definition) is 5. The van der Waals surface area contributed by atoms with E-state index in [1.54, 1.807) is 16.7 Å². The van der Waals surface area contributed by atoms with E-state index in [0.717, 1.165) is 12.1 Å². The van der Waals surface area contributed by atoms with Gasteiger partial charge >= 0.3 is 0 Å². The van der Waals surface area contributed by atoms with E-state index in [0.29, 0.717) is 41.9 Å². The van der Waals surface area contributed by atoms with Crippen molar-refractivity contribution < 1.29 is 9.59 Å². The van der Waals surface area contributed by atoms with E-state index in [1.165, 1.54) is 17.3 Å². The number of carbonyl (C=O) groups excluding carboxylic acids is 2. The zero-order valence-corrected chi connectivity index (χ0v) is 20.8. The minimum absolute atomic E-state index is 0.0453. The number of primary amides is 1. The number of fused-ring (bicyclic) bond motifs is 1. The molecule has 34 heavy (non-hydrogen) atoms. The van der Waals surface area contributed by atoms with Crippen LogP contribution in [-0.4, -0.2) is 27.1 Å². The van der Waals surface area contributed by atoms with Crippen molar-refractivity contribution in [3.63, 3.8) is 0 Å². The molecule has 0 bridgehead atoms. The van der Waals surface area contributed by atoms with E-state index in [2.05, 4.69) is 31.1 Å². The molecule has 1 aromatic heterocycles. The van der Waals surface area contributed by atoms with Crippen molar-refractivity contribution in [3.8, 4) is 0 Å². The summed E-state index contributed by atoms with van der Waals surface area (Å²) in [7, 11) is 0. The summed E-state index contributed by atoms with van der Waals surface area (Å²) < 4.78 is 1.63. The van der Waals surface area contributed by atoms with E-state index < -0.39 is 0 Å². The minimum Gasteiger partial charge on any atom is -0.370 e. The van der Waals surface area contributed by atoms with Crippen molar-refractivity contribution >= 4 is 40.2 Å². The maximum Gasteiger partial charge on any atom is 0.262 e. The molecule has 2 amide bonds. The normalized spacial score (nSPS) is 11.5. The first kappa shape index (κ1) is 25.5. The lowest BCUT2D eigenvalue weighted by Gasteiger charge is -2.19. The molecule has 0 aliphatic heterocycles. The van der Waals surface area contributed by atoms with Crippen LogP contribution in [0.5, 0.6) is 0 Å². The Labute approximate surface area is 204 Å². The predicted octanol–water partition coefficient (Wildman–Crippen LogP) is 4.47. The van der Waals surface area contributed by atoms with Crippen LogP contribution in [0.3, 0.4) is 0 Å². The predicted molar refractivity (Wildman–Crippen MR) is 138 cm³/mol. The highest BCUT2D eigenvalue weighted by Crippen LogP contribution is 2.24. The van der Waals surface area contributed by atoms with Gasteiger partial charge in [-0.15, -0.1) is 0 Å². The molecular formula is C26H32N4O3S. The Bertz CT molecular complexity index is 1210. The molecule has 1 heterocycles. The van der Waals surface area contributed by atoms with Crippen molar-refractivity contribution in [1.29, 1.82) is 0 Å². The SMILES string of the molecule is CC(C)(C)c1ccc(NC(=O)CSc2nc3ccccc3c(=O)n2CCCCCC(N)=O)cc1. The maximum atomic E-state index is 13.1. The van der Waals surface area contributed by atoms with Crippen LogP contribution >= 0.6 is 11.8 Å². The molecular weight excluding hydrogens is 448 g/mol. The number of para-hydroxylation sites is 1. The third-order valence-corrected chi connectivity index (χ3v) is 6.47. The number of amides is 2. The number of aromatic nitrogens is 2. The topological polar surface area (TPSA) is 107 Å². The Hall–Kier alpha value is -3.13. The van der Waals surface area contributed by atoms with Crippen molar-refractivity contribution in [2.24, 2.45) is 5.73 Å². The van der Waals surface area contributed by atoms with Gasteiger partial charge in [-0.1, -0.05) is 63.2 Å². The van der Waals surface area contributed by atoms with Crippen molar-refractivity contribution in [2.45, 2.75) is 63.6 Å². The Kier molecular flexibility index (Phi) is 8.50. The Morgan fingerprint density at radius 1 is 1.03 bits per heavy atom. The van der Waals surface area contributed by atoms with Crippen molar-refractivity contribution in [3.05, 3.63) is 64.4 Å². The standard InChI is InChI=1S/C26H32N4O3S/c1-26(2,3)18-12-14-19(15-13-18)28-23(32)17-34-25-29-21-10-7-6-9-20(21)24(33)30(25)16-8-4-5-11-22(27)31/h6-7,9-10,12-15H,4-5,8,11,16-17H2,1-3H3,(H2,27,31)(H,28,32). The van der Waals surface area contributed by atoms with Crippen LogP contribution in [0, 0.1) is 0 Å². The number of carbonyl (C=O) groups is 2. The van der Waals surface area contributed by atoms with Gasteiger partial charge in [-0.2, -0.15) is 0 Å². The van der Waals surface area contributed by atoms with Crippen LogP contribution in [0.4, 0.5) is 5.69 Å². The summed E-state index contributed by atoms with van der Waals surface area (Å²) in [5.74, 6) is -0.350. The molecule has 0 saturated heterocycles. The summed E-state index contributed by atoms with van der Waals surface area (Å²) >= 11 is 1.25. The molecule has 0 saturated carbocycles. The molecule has 3 rings (SSSR count). The first-order chi connectivity index (χ1) is 16.1. The summed E-state index contributed by atoms with van der Waals surface area (Å²) in [6.07, 6.45) is 2.51. The third-order valence-electron chi connectivity index (χ3n) is 5.50. The number of nitrogens with two attached hydrogens (primary N) is 1. The van der Waals surface area contributed by atoms with Crippen LogP contribution in [0.25, 0.3) is 10.9 Å². The van der Waals surface area contributed by atoms with Crippen molar-refractivity contribution in [2.75, 3.05) is 11.1 Å². The van der Waals surface area contributed by atoms with E-state index >= 15 is 0 Å². The van der Waals surface area contributed by atoms with Gasteiger partial charge in [-0.05, 0) is 48.1 Å². The molecule has 7 nitrogen and oxygen atoms in total. The number of benzene rings is 2. The first-order valence-corrected chi connectivity index (χ1v) is 12.4. The fourth-order valence-corrected chi connectivity index (χ4v) is 4.41. The number of anilines is 1. The van der Waals surface area contributed by atoms with Gasteiger partial charge in [-0.25, -0.2) is 4.98 Å². The highest BCUT2D eigenvalue weighted by molar-refractivity contribution is 7.99. The third kappa shape index (κ3) is 6.93. The molecule has 2 aromatic carbocycles. The number of unbranched alkanes of at least 4 members (excludes halogenated alkanes) is 2. The first-order valence-electron chi connectivity index (χ1n) is 11.5. The van der Waals surface area contributed by atoms with Gasteiger partial charge < -0.3 is 11.1 Å². The maximum absolute atomic E-state index is 13.1. The number of hydrogen-bond donors (Lipinski definition) is 2. The van der Waals surface area contributed by atoms with Crippen LogP contribution < -0.4 is 16.6 Å². The largest absolute Gasteiger partial charge is 0.370 e. The molecule has 0 atom stereocenters. The van der Waals surface area contributed by atoms with Gasteiger partial charge in [0.15, 0.2) is 5.16 Å². The fraction of sp³-hybridized carbons (Fsp3) is 0.385. The summed E-state index contributed by atoms with van der Waals surface area (Å²) in [4.78, 5) is 41.3. The Morgan fingerprint density at radius 2 is 1.74 bits per heavy atom. The monoisotopic (exact) mass is 480 g/mol. The van der Waals surface area contributed by atoms with E-state index in [9.17, 15) is 14.4 Å².